The first-order chi connectivity index (χ1) is 15.3. The maximum Gasteiger partial charge on any atom is 0.246 e. The number of aliphatic hydroxyl groups excluding tert-OH is 1. The smallest absolute Gasteiger partial charge is 0.246 e. The van der Waals surface area contributed by atoms with Crippen LogP contribution in [0.15, 0.2) is 24.3 Å². The minimum Gasteiger partial charge on any atom is -0.392 e. The number of unbranched alkanes of at least 4 members (excludes halogenated alkanes) is 1. The normalized spacial score (nSPS) is 23.1. The molecule has 6 nitrogen and oxygen atoms in total. The minimum absolute atomic E-state index is 0.0441. The summed E-state index contributed by atoms with van der Waals surface area (Å²) in [7, 11) is 0. The van der Waals surface area contributed by atoms with Gasteiger partial charge in [-0.05, 0) is 55.5 Å². The van der Waals surface area contributed by atoms with Crippen molar-refractivity contribution in [1.82, 2.24) is 14.7 Å². The Kier molecular flexibility index (Phi) is 9.08. The summed E-state index contributed by atoms with van der Waals surface area (Å²) in [6, 6.07) is 4.39. The molecule has 3 rings (SSSR count). The number of carbonyl (C=O) groups excluding carboxylic acids is 2. The quantitative estimate of drug-likeness (QED) is 0.496. The van der Waals surface area contributed by atoms with Gasteiger partial charge in [0, 0.05) is 51.8 Å². The highest BCUT2D eigenvalue weighted by atomic mass is 35.5. The molecule has 1 N–H and O–H groups in total. The number of likely N-dealkylation sites (tertiary alicyclic amines) is 1. The number of halogens is 2. The van der Waals surface area contributed by atoms with Crippen molar-refractivity contribution in [2.45, 2.75) is 38.7 Å². The third-order valence-corrected chi connectivity index (χ3v) is 6.43. The summed E-state index contributed by atoms with van der Waals surface area (Å²) >= 11 is 5.68. The van der Waals surface area contributed by atoms with Crippen LogP contribution in [-0.4, -0.2) is 83.5 Å². The molecule has 2 aliphatic rings. The average molecular weight is 466 g/mol. The van der Waals surface area contributed by atoms with Crippen LogP contribution in [0.25, 0.3) is 6.08 Å². The van der Waals surface area contributed by atoms with Crippen LogP contribution in [0.5, 0.6) is 0 Å². The maximum atomic E-state index is 13.5. The molecule has 8 heteroatoms. The Bertz CT molecular complexity index is 825. The number of carbonyl (C=O) groups is 2. The Morgan fingerprint density at radius 1 is 1.22 bits per heavy atom. The number of piperidine rings is 1. The van der Waals surface area contributed by atoms with E-state index in [0.29, 0.717) is 44.1 Å². The van der Waals surface area contributed by atoms with Gasteiger partial charge in [0.15, 0.2) is 0 Å². The Balaban J connectivity index is 1.42. The molecule has 2 amide bonds. The van der Waals surface area contributed by atoms with Gasteiger partial charge in [-0.15, -0.1) is 0 Å². The maximum absolute atomic E-state index is 13.5. The SMILES string of the molecule is CC1CC(O)CN(CCCCN2CCN(C(=O)/C=C/c3ccc(Cl)c(F)c3)CCC2=O)C1. The summed E-state index contributed by atoms with van der Waals surface area (Å²) in [6.45, 7) is 6.94. The second-order valence-electron chi connectivity index (χ2n) is 8.92. The molecule has 32 heavy (non-hydrogen) atoms. The number of hydrogen-bond acceptors (Lipinski definition) is 4. The fourth-order valence-corrected chi connectivity index (χ4v) is 4.58. The molecule has 2 aliphatic heterocycles. The van der Waals surface area contributed by atoms with E-state index in [1.807, 2.05) is 4.90 Å². The molecule has 2 unspecified atom stereocenters. The summed E-state index contributed by atoms with van der Waals surface area (Å²) in [4.78, 5) is 30.8. The molecule has 2 fully saturated rings. The summed E-state index contributed by atoms with van der Waals surface area (Å²) in [6.07, 6.45) is 5.81. The van der Waals surface area contributed by atoms with Crippen LogP contribution in [-0.2, 0) is 9.59 Å². The van der Waals surface area contributed by atoms with Gasteiger partial charge in [-0.1, -0.05) is 24.6 Å². The van der Waals surface area contributed by atoms with Crippen molar-refractivity contribution in [3.05, 3.63) is 40.7 Å². The Labute approximate surface area is 194 Å². The predicted molar refractivity (Wildman–Crippen MR) is 124 cm³/mol. The molecule has 2 saturated heterocycles. The van der Waals surface area contributed by atoms with E-state index in [0.717, 1.165) is 38.9 Å². The fraction of sp³-hybridized carbons (Fsp3) is 0.583. The molecule has 0 saturated carbocycles. The zero-order valence-corrected chi connectivity index (χ0v) is 19.4. The minimum atomic E-state index is -0.525. The second-order valence-corrected chi connectivity index (χ2v) is 9.33. The van der Waals surface area contributed by atoms with Gasteiger partial charge in [-0.2, -0.15) is 0 Å². The van der Waals surface area contributed by atoms with E-state index in [-0.39, 0.29) is 22.9 Å². The summed E-state index contributed by atoms with van der Waals surface area (Å²) in [5, 5.41) is 9.96. The molecule has 2 atom stereocenters. The van der Waals surface area contributed by atoms with Gasteiger partial charge in [0.05, 0.1) is 11.1 Å². The lowest BCUT2D eigenvalue weighted by molar-refractivity contribution is -0.130. The van der Waals surface area contributed by atoms with E-state index >= 15 is 0 Å². The predicted octanol–water partition coefficient (Wildman–Crippen LogP) is 3.04. The first-order valence-corrected chi connectivity index (χ1v) is 11.8. The highest BCUT2D eigenvalue weighted by Crippen LogP contribution is 2.18. The Hall–Kier alpha value is -1.96. The molecule has 0 radical (unpaired) electrons. The van der Waals surface area contributed by atoms with Crippen molar-refractivity contribution < 1.29 is 19.1 Å². The van der Waals surface area contributed by atoms with Crippen LogP contribution in [0, 0.1) is 11.7 Å². The summed E-state index contributed by atoms with van der Waals surface area (Å²) in [5.41, 5.74) is 0.559. The number of aliphatic hydroxyl groups is 1. The standard InChI is InChI=1S/C24H33ClFN3O3/c1-18-14-20(30)17-27(16-18)9-2-3-10-28-12-13-29(11-8-24(28)32)23(31)7-5-19-4-6-21(25)22(26)15-19/h4-7,15,18,20,30H,2-3,8-14,16-17H2,1H3/b7-5+. The molecular formula is C24H33ClFN3O3. The van der Waals surface area contributed by atoms with Crippen LogP contribution in [0.4, 0.5) is 4.39 Å². The number of nitrogens with zero attached hydrogens (tertiary/aromatic N) is 3. The lowest BCUT2D eigenvalue weighted by atomic mass is 9.98. The van der Waals surface area contributed by atoms with E-state index in [4.69, 9.17) is 11.6 Å². The molecule has 2 heterocycles. The number of amides is 2. The molecule has 1 aromatic carbocycles. The lowest BCUT2D eigenvalue weighted by Gasteiger charge is -2.34. The van der Waals surface area contributed by atoms with Gasteiger partial charge >= 0.3 is 0 Å². The average Bonchev–Trinajstić information content (AvgIpc) is 2.93. The van der Waals surface area contributed by atoms with Gasteiger partial charge < -0.3 is 19.8 Å². The van der Waals surface area contributed by atoms with Crippen molar-refractivity contribution in [2.75, 3.05) is 45.8 Å². The van der Waals surface area contributed by atoms with Crippen molar-refractivity contribution >= 4 is 29.5 Å². The van der Waals surface area contributed by atoms with Crippen LogP contribution in [0.3, 0.4) is 0 Å². The molecule has 0 aromatic heterocycles. The zero-order chi connectivity index (χ0) is 23.1. The molecular weight excluding hydrogens is 433 g/mol. The van der Waals surface area contributed by atoms with Crippen LogP contribution >= 0.6 is 11.6 Å². The fourth-order valence-electron chi connectivity index (χ4n) is 4.46. The highest BCUT2D eigenvalue weighted by Gasteiger charge is 2.24. The number of β-amino-alcohol motifs (C(OH)–C–C–N with tert-alkyl or cyclic N) is 1. The second kappa shape index (κ2) is 11.8. The van der Waals surface area contributed by atoms with E-state index in [2.05, 4.69) is 11.8 Å². The summed E-state index contributed by atoms with van der Waals surface area (Å²) in [5.74, 6) is -0.121. The van der Waals surface area contributed by atoms with Gasteiger partial charge in [0.25, 0.3) is 0 Å². The van der Waals surface area contributed by atoms with Gasteiger partial charge in [0.1, 0.15) is 5.82 Å². The van der Waals surface area contributed by atoms with Crippen molar-refractivity contribution in [3.8, 4) is 0 Å². The molecule has 0 spiro atoms. The molecule has 1 aromatic rings. The van der Waals surface area contributed by atoms with E-state index in [1.165, 1.54) is 18.2 Å². The van der Waals surface area contributed by atoms with E-state index in [1.54, 1.807) is 17.0 Å². The first-order valence-electron chi connectivity index (χ1n) is 11.4. The zero-order valence-electron chi connectivity index (χ0n) is 18.7. The molecule has 176 valence electrons. The van der Waals surface area contributed by atoms with Gasteiger partial charge in [0.2, 0.25) is 11.8 Å². The lowest BCUT2D eigenvalue weighted by Crippen LogP contribution is -2.42. The van der Waals surface area contributed by atoms with Gasteiger partial charge in [-0.3, -0.25) is 9.59 Å². The number of benzene rings is 1. The largest absolute Gasteiger partial charge is 0.392 e. The Morgan fingerprint density at radius 3 is 2.75 bits per heavy atom. The van der Waals surface area contributed by atoms with Gasteiger partial charge in [-0.25, -0.2) is 4.39 Å². The molecule has 0 bridgehead atoms. The van der Waals surface area contributed by atoms with Crippen molar-refractivity contribution in [2.24, 2.45) is 5.92 Å². The topological polar surface area (TPSA) is 64.1 Å². The number of hydrogen-bond donors (Lipinski definition) is 1. The van der Waals surface area contributed by atoms with Crippen LogP contribution < -0.4 is 0 Å². The first kappa shape index (κ1) is 24.7. The van der Waals surface area contributed by atoms with Crippen molar-refractivity contribution in [1.29, 1.82) is 0 Å². The third kappa shape index (κ3) is 7.29. The van der Waals surface area contributed by atoms with Crippen LogP contribution in [0.1, 0.15) is 38.2 Å². The van der Waals surface area contributed by atoms with E-state index < -0.39 is 5.82 Å². The van der Waals surface area contributed by atoms with Crippen molar-refractivity contribution in [3.63, 3.8) is 0 Å². The Morgan fingerprint density at radius 2 is 2.00 bits per heavy atom. The summed E-state index contributed by atoms with van der Waals surface area (Å²) < 4.78 is 13.5. The molecule has 0 aliphatic carbocycles. The monoisotopic (exact) mass is 465 g/mol. The highest BCUT2D eigenvalue weighted by molar-refractivity contribution is 6.30. The van der Waals surface area contributed by atoms with E-state index in [9.17, 15) is 19.1 Å². The van der Waals surface area contributed by atoms with Crippen LogP contribution in [0.2, 0.25) is 5.02 Å². The number of rotatable bonds is 7. The third-order valence-electron chi connectivity index (χ3n) is 6.13.